The van der Waals surface area contributed by atoms with Gasteiger partial charge in [0.2, 0.25) is 0 Å². The molecule has 8 rings (SSSR count). The molecule has 4 aliphatic rings. The number of anilines is 2. The Morgan fingerprint density at radius 3 is 2.54 bits per heavy atom. The summed E-state index contributed by atoms with van der Waals surface area (Å²) >= 11 is 0. The molecule has 6 heterocycles. The second kappa shape index (κ2) is 8.71. The lowest BCUT2D eigenvalue weighted by Crippen LogP contribution is -2.42. The van der Waals surface area contributed by atoms with Gasteiger partial charge in [-0.15, -0.1) is 0 Å². The molecular weight excluding hydrogens is 498 g/mol. The Morgan fingerprint density at radius 2 is 1.79 bits per heavy atom. The second-order valence-electron chi connectivity index (χ2n) is 11.5. The van der Waals surface area contributed by atoms with E-state index in [1.165, 1.54) is 31.0 Å². The number of aromatic nitrogens is 4. The van der Waals surface area contributed by atoms with E-state index >= 15 is 0 Å². The Morgan fingerprint density at radius 1 is 0.923 bits per heavy atom. The predicted octanol–water partition coefficient (Wildman–Crippen LogP) is 5.06. The molecule has 0 radical (unpaired) electrons. The maximum absolute atomic E-state index is 14.9. The summed E-state index contributed by atoms with van der Waals surface area (Å²) in [5, 5.41) is 4.51. The standard InChI is InChI=1S/C30H30F2N6O/c31-22-1-3-26(32)25(13-22)30-14-21(30)7-11-37(30)28-8-12-38-29(35-28)24(16-34-38)27-4-2-23(15-33-27)36-9-5-19(6-10-36)20-17-39-18-20/h1-4,8,12-13,15-16,19-21H,5-7,9-11,14,17-18H2/t21-,30+/m0/s1. The number of rotatable bonds is 5. The smallest absolute Gasteiger partial charge is 0.166 e. The van der Waals surface area contributed by atoms with Crippen molar-refractivity contribution >= 4 is 17.2 Å². The number of pyridine rings is 1. The van der Waals surface area contributed by atoms with Crippen LogP contribution in [0.15, 0.2) is 55.0 Å². The Bertz CT molecular complexity index is 1550. The van der Waals surface area contributed by atoms with Crippen LogP contribution in [0.4, 0.5) is 20.3 Å². The number of halogens is 2. The van der Waals surface area contributed by atoms with Crippen molar-refractivity contribution in [3.63, 3.8) is 0 Å². The van der Waals surface area contributed by atoms with Crippen molar-refractivity contribution in [1.82, 2.24) is 19.6 Å². The molecule has 2 atom stereocenters. The average Bonchev–Trinajstić information content (AvgIpc) is 3.31. The molecule has 0 amide bonds. The summed E-state index contributed by atoms with van der Waals surface area (Å²) in [4.78, 5) is 14.4. The molecule has 1 aliphatic carbocycles. The molecule has 3 aromatic heterocycles. The number of piperidine rings is 2. The van der Waals surface area contributed by atoms with Crippen molar-refractivity contribution in [2.24, 2.45) is 17.8 Å². The maximum atomic E-state index is 14.9. The summed E-state index contributed by atoms with van der Waals surface area (Å²) in [6.07, 6.45) is 9.78. The number of hydrogen-bond acceptors (Lipinski definition) is 6. The van der Waals surface area contributed by atoms with Gasteiger partial charge in [0.15, 0.2) is 5.65 Å². The third-order valence-corrected chi connectivity index (χ3v) is 9.54. The zero-order chi connectivity index (χ0) is 26.1. The van der Waals surface area contributed by atoms with Gasteiger partial charge < -0.3 is 14.5 Å². The van der Waals surface area contributed by atoms with E-state index in [4.69, 9.17) is 14.7 Å². The summed E-state index contributed by atoms with van der Waals surface area (Å²) in [7, 11) is 0. The lowest BCUT2D eigenvalue weighted by atomic mass is 9.83. The first-order valence-corrected chi connectivity index (χ1v) is 14.0. The predicted molar refractivity (Wildman–Crippen MR) is 144 cm³/mol. The number of benzene rings is 1. The van der Waals surface area contributed by atoms with Crippen LogP contribution < -0.4 is 9.80 Å². The minimum Gasteiger partial charge on any atom is -0.381 e. The van der Waals surface area contributed by atoms with E-state index in [-0.39, 0.29) is 5.82 Å². The zero-order valence-corrected chi connectivity index (χ0v) is 21.6. The lowest BCUT2D eigenvalue weighted by Gasteiger charge is -2.40. The fraction of sp³-hybridized carbons (Fsp3) is 0.433. The van der Waals surface area contributed by atoms with Crippen LogP contribution in [0.2, 0.25) is 0 Å². The van der Waals surface area contributed by atoms with Crippen LogP contribution in [-0.4, -0.2) is 52.4 Å². The van der Waals surface area contributed by atoms with Gasteiger partial charge in [-0.3, -0.25) is 4.98 Å². The van der Waals surface area contributed by atoms with Crippen molar-refractivity contribution in [2.75, 3.05) is 42.6 Å². The van der Waals surface area contributed by atoms with Crippen LogP contribution in [0, 0.1) is 29.4 Å². The van der Waals surface area contributed by atoms with Crippen molar-refractivity contribution in [3.8, 4) is 11.3 Å². The van der Waals surface area contributed by atoms with E-state index in [1.807, 2.05) is 24.5 Å². The highest BCUT2D eigenvalue weighted by Gasteiger charge is 2.64. The summed E-state index contributed by atoms with van der Waals surface area (Å²) in [5.41, 5.74) is 3.42. The molecule has 0 spiro atoms. The van der Waals surface area contributed by atoms with Gasteiger partial charge in [0, 0.05) is 37.3 Å². The molecule has 4 fully saturated rings. The van der Waals surface area contributed by atoms with Crippen molar-refractivity contribution in [2.45, 2.75) is 31.2 Å². The molecule has 200 valence electrons. The molecule has 3 saturated heterocycles. The minimum atomic E-state index is -0.531. The quantitative estimate of drug-likeness (QED) is 0.361. The van der Waals surface area contributed by atoms with E-state index in [1.54, 1.807) is 10.7 Å². The number of ether oxygens (including phenoxy) is 1. The van der Waals surface area contributed by atoms with Gasteiger partial charge >= 0.3 is 0 Å². The molecule has 0 N–H and O–H groups in total. The van der Waals surface area contributed by atoms with E-state index < -0.39 is 11.4 Å². The molecule has 0 unspecified atom stereocenters. The first-order chi connectivity index (χ1) is 19.1. The SMILES string of the molecule is Fc1ccc(F)c([C@@]23C[C@@H]2CCN3c2ccn3ncc(-c4ccc(N5CCC(C6COC6)CC5)cn4)c3n2)c1. The molecule has 1 aromatic carbocycles. The fourth-order valence-electron chi connectivity index (χ4n) is 7.17. The van der Waals surface area contributed by atoms with Crippen LogP contribution in [0.3, 0.4) is 0 Å². The van der Waals surface area contributed by atoms with E-state index in [0.717, 1.165) is 80.3 Å². The highest BCUT2D eigenvalue weighted by Crippen LogP contribution is 2.63. The van der Waals surface area contributed by atoms with Crippen molar-refractivity contribution in [3.05, 3.63) is 72.2 Å². The highest BCUT2D eigenvalue weighted by molar-refractivity contribution is 5.76. The number of fused-ring (bicyclic) bond motifs is 2. The molecule has 7 nitrogen and oxygen atoms in total. The van der Waals surface area contributed by atoms with Crippen LogP contribution in [0.1, 0.15) is 31.2 Å². The molecule has 0 bridgehead atoms. The van der Waals surface area contributed by atoms with Crippen LogP contribution in [-0.2, 0) is 10.3 Å². The number of hydrogen-bond donors (Lipinski definition) is 0. The van der Waals surface area contributed by atoms with Crippen LogP contribution in [0.5, 0.6) is 0 Å². The first kappa shape index (κ1) is 23.3. The van der Waals surface area contributed by atoms with Gasteiger partial charge in [0.25, 0.3) is 0 Å². The largest absolute Gasteiger partial charge is 0.381 e. The Labute approximate surface area is 225 Å². The molecular formula is C30H30F2N6O. The second-order valence-corrected chi connectivity index (χ2v) is 11.5. The van der Waals surface area contributed by atoms with Crippen molar-refractivity contribution in [1.29, 1.82) is 0 Å². The summed E-state index contributed by atoms with van der Waals surface area (Å²) in [6, 6.07) is 9.87. The van der Waals surface area contributed by atoms with Crippen LogP contribution >= 0.6 is 0 Å². The van der Waals surface area contributed by atoms with Gasteiger partial charge in [-0.1, -0.05) is 0 Å². The minimum absolute atomic E-state index is 0.303. The molecule has 3 aliphatic heterocycles. The van der Waals surface area contributed by atoms with Gasteiger partial charge in [0.1, 0.15) is 17.5 Å². The third kappa shape index (κ3) is 3.66. The summed E-state index contributed by atoms with van der Waals surface area (Å²) in [6.45, 7) is 4.71. The Hall–Kier alpha value is -3.59. The maximum Gasteiger partial charge on any atom is 0.166 e. The molecule has 39 heavy (non-hydrogen) atoms. The monoisotopic (exact) mass is 528 g/mol. The van der Waals surface area contributed by atoms with Gasteiger partial charge in [0.05, 0.1) is 48.1 Å². The molecule has 4 aromatic rings. The van der Waals surface area contributed by atoms with Crippen molar-refractivity contribution < 1.29 is 13.5 Å². The molecule has 1 saturated carbocycles. The van der Waals surface area contributed by atoms with E-state index in [2.05, 4.69) is 21.0 Å². The zero-order valence-electron chi connectivity index (χ0n) is 21.6. The fourth-order valence-corrected chi connectivity index (χ4v) is 7.17. The van der Waals surface area contributed by atoms with E-state index in [9.17, 15) is 8.78 Å². The van der Waals surface area contributed by atoms with Gasteiger partial charge in [-0.05, 0) is 73.9 Å². The number of nitrogens with zero attached hydrogens (tertiary/aromatic N) is 6. The van der Waals surface area contributed by atoms with Crippen LogP contribution in [0.25, 0.3) is 16.9 Å². The third-order valence-electron chi connectivity index (χ3n) is 9.54. The lowest BCUT2D eigenvalue weighted by molar-refractivity contribution is -0.0650. The topological polar surface area (TPSA) is 58.8 Å². The Balaban J connectivity index is 1.07. The van der Waals surface area contributed by atoms with E-state index in [0.29, 0.717) is 17.1 Å². The van der Waals surface area contributed by atoms with Gasteiger partial charge in [-0.25, -0.2) is 18.3 Å². The summed E-state index contributed by atoms with van der Waals surface area (Å²) < 4.78 is 36.1. The van der Waals surface area contributed by atoms with Gasteiger partial charge in [-0.2, -0.15) is 5.10 Å². The normalized spacial score (nSPS) is 25.2. The average molecular weight is 529 g/mol. The Kier molecular flexibility index (Phi) is 5.21. The summed E-state index contributed by atoms with van der Waals surface area (Å²) in [5.74, 6) is 1.81. The first-order valence-electron chi connectivity index (χ1n) is 14.0. The highest BCUT2D eigenvalue weighted by atomic mass is 19.1. The molecule has 9 heteroatoms.